The lowest BCUT2D eigenvalue weighted by Gasteiger charge is -2.09. The number of carbonyl (C=O) groups is 3. The van der Waals surface area contributed by atoms with Gasteiger partial charge in [-0.15, -0.1) is 0 Å². The van der Waals surface area contributed by atoms with Crippen LogP contribution in [0.4, 0.5) is 10.5 Å². The van der Waals surface area contributed by atoms with Gasteiger partial charge in [0.15, 0.2) is 23.9 Å². The third-order valence-corrected chi connectivity index (χ3v) is 3.75. The zero-order valence-electron chi connectivity index (χ0n) is 14.6. The second kappa shape index (κ2) is 8.22. The summed E-state index contributed by atoms with van der Waals surface area (Å²) >= 11 is 0. The summed E-state index contributed by atoms with van der Waals surface area (Å²) < 4.78 is 15.7. The van der Waals surface area contributed by atoms with E-state index in [0.29, 0.717) is 34.9 Å². The van der Waals surface area contributed by atoms with Gasteiger partial charge in [0, 0.05) is 23.7 Å². The minimum atomic E-state index is -0.689. The molecule has 3 rings (SSSR count). The standard InChI is InChI=1S/C19H18N2O6/c1-2-15(22)12-3-6-14(7-4-12)25-10-18(23)21-19(24)20-13-5-8-16-17(9-13)27-11-26-16/h3-9H,2,10-11H2,1H3,(H2,20,21,23,24). The topological polar surface area (TPSA) is 103 Å². The maximum Gasteiger partial charge on any atom is 0.325 e. The smallest absolute Gasteiger partial charge is 0.325 e. The zero-order valence-corrected chi connectivity index (χ0v) is 14.6. The minimum Gasteiger partial charge on any atom is -0.484 e. The number of fused-ring (bicyclic) bond motifs is 1. The summed E-state index contributed by atoms with van der Waals surface area (Å²) in [4.78, 5) is 35.3. The molecule has 0 saturated heterocycles. The Balaban J connectivity index is 1.46. The Morgan fingerprint density at radius 1 is 1.04 bits per heavy atom. The molecule has 0 atom stereocenters. The molecule has 27 heavy (non-hydrogen) atoms. The average Bonchev–Trinajstić information content (AvgIpc) is 3.14. The highest BCUT2D eigenvalue weighted by Gasteiger charge is 2.15. The van der Waals surface area contributed by atoms with Crippen LogP contribution in [0.25, 0.3) is 0 Å². The predicted molar refractivity (Wildman–Crippen MR) is 96.3 cm³/mol. The highest BCUT2D eigenvalue weighted by atomic mass is 16.7. The van der Waals surface area contributed by atoms with Gasteiger partial charge in [-0.05, 0) is 36.4 Å². The summed E-state index contributed by atoms with van der Waals surface area (Å²) in [6, 6.07) is 10.7. The van der Waals surface area contributed by atoms with Crippen LogP contribution in [-0.2, 0) is 4.79 Å². The molecule has 0 fully saturated rings. The van der Waals surface area contributed by atoms with E-state index in [1.807, 2.05) is 0 Å². The number of urea groups is 1. The highest BCUT2D eigenvalue weighted by Crippen LogP contribution is 2.34. The molecule has 0 radical (unpaired) electrons. The van der Waals surface area contributed by atoms with Crippen molar-refractivity contribution in [1.82, 2.24) is 5.32 Å². The highest BCUT2D eigenvalue weighted by molar-refractivity contribution is 6.01. The van der Waals surface area contributed by atoms with Gasteiger partial charge in [-0.1, -0.05) is 6.92 Å². The van der Waals surface area contributed by atoms with Crippen molar-refractivity contribution in [2.45, 2.75) is 13.3 Å². The lowest BCUT2D eigenvalue weighted by atomic mass is 10.1. The Kier molecular flexibility index (Phi) is 5.55. The second-order valence-electron chi connectivity index (χ2n) is 5.66. The molecule has 1 aliphatic rings. The number of ether oxygens (including phenoxy) is 3. The van der Waals surface area contributed by atoms with Crippen LogP contribution in [0.2, 0.25) is 0 Å². The summed E-state index contributed by atoms with van der Waals surface area (Å²) in [6.07, 6.45) is 0.418. The number of rotatable bonds is 6. The SMILES string of the molecule is CCC(=O)c1ccc(OCC(=O)NC(=O)Nc2ccc3c(c2)OCO3)cc1. The Morgan fingerprint density at radius 2 is 1.78 bits per heavy atom. The van der Waals surface area contributed by atoms with E-state index in [0.717, 1.165) is 0 Å². The third kappa shape index (κ3) is 4.75. The quantitative estimate of drug-likeness (QED) is 0.758. The number of imide groups is 1. The second-order valence-corrected chi connectivity index (χ2v) is 5.66. The third-order valence-electron chi connectivity index (χ3n) is 3.75. The molecule has 0 spiro atoms. The van der Waals surface area contributed by atoms with Gasteiger partial charge < -0.3 is 19.5 Å². The molecule has 2 aromatic rings. The summed E-state index contributed by atoms with van der Waals surface area (Å²) in [5.74, 6) is 0.958. The van der Waals surface area contributed by atoms with Gasteiger partial charge in [-0.2, -0.15) is 0 Å². The summed E-state index contributed by atoms with van der Waals surface area (Å²) in [5, 5.41) is 4.69. The van der Waals surface area contributed by atoms with Crippen LogP contribution in [0.15, 0.2) is 42.5 Å². The average molecular weight is 370 g/mol. The van der Waals surface area contributed by atoms with Gasteiger partial charge in [-0.25, -0.2) is 4.79 Å². The first kappa shape index (κ1) is 18.2. The lowest BCUT2D eigenvalue weighted by molar-refractivity contribution is -0.121. The van der Waals surface area contributed by atoms with Crippen LogP contribution in [-0.4, -0.2) is 31.1 Å². The fraction of sp³-hybridized carbons (Fsp3) is 0.211. The van der Waals surface area contributed by atoms with E-state index >= 15 is 0 Å². The summed E-state index contributed by atoms with van der Waals surface area (Å²) in [5.41, 5.74) is 1.04. The first-order chi connectivity index (χ1) is 13.0. The molecule has 3 amide bonds. The van der Waals surface area contributed by atoms with E-state index in [1.54, 1.807) is 49.4 Å². The monoisotopic (exact) mass is 370 g/mol. The first-order valence-corrected chi connectivity index (χ1v) is 8.31. The van der Waals surface area contributed by atoms with E-state index in [1.165, 1.54) is 0 Å². The number of amides is 3. The van der Waals surface area contributed by atoms with Crippen molar-refractivity contribution in [3.05, 3.63) is 48.0 Å². The van der Waals surface area contributed by atoms with Crippen LogP contribution in [0.3, 0.4) is 0 Å². The minimum absolute atomic E-state index is 0.0273. The number of anilines is 1. The molecule has 8 nitrogen and oxygen atoms in total. The Morgan fingerprint density at radius 3 is 2.52 bits per heavy atom. The molecule has 0 aromatic heterocycles. The molecule has 8 heteroatoms. The van der Waals surface area contributed by atoms with Crippen molar-refractivity contribution in [3.8, 4) is 17.2 Å². The van der Waals surface area contributed by atoms with Crippen molar-refractivity contribution in [3.63, 3.8) is 0 Å². The number of hydrogen-bond donors (Lipinski definition) is 2. The van der Waals surface area contributed by atoms with Gasteiger partial charge in [-0.3, -0.25) is 14.9 Å². The molecule has 2 N–H and O–H groups in total. The maximum atomic E-state index is 11.9. The van der Waals surface area contributed by atoms with Crippen molar-refractivity contribution in [2.24, 2.45) is 0 Å². The number of Topliss-reactive ketones (excluding diaryl/α,β-unsaturated/α-hetero) is 1. The molecule has 2 aromatic carbocycles. The molecule has 0 bridgehead atoms. The molecular weight excluding hydrogens is 352 g/mol. The fourth-order valence-corrected chi connectivity index (χ4v) is 2.39. The van der Waals surface area contributed by atoms with Gasteiger partial charge >= 0.3 is 6.03 Å². The predicted octanol–water partition coefficient (Wildman–Crippen LogP) is 2.74. The van der Waals surface area contributed by atoms with Gasteiger partial charge in [0.05, 0.1) is 0 Å². The first-order valence-electron chi connectivity index (χ1n) is 8.31. The molecular formula is C19H18N2O6. The van der Waals surface area contributed by atoms with Crippen molar-refractivity contribution >= 4 is 23.4 Å². The Hall–Kier alpha value is -3.55. The Bertz CT molecular complexity index is 863. The number of nitrogens with one attached hydrogen (secondary N) is 2. The van der Waals surface area contributed by atoms with E-state index in [4.69, 9.17) is 14.2 Å². The molecule has 140 valence electrons. The molecule has 0 saturated carbocycles. The lowest BCUT2D eigenvalue weighted by Crippen LogP contribution is -2.37. The normalized spacial score (nSPS) is 11.6. The molecule has 0 aliphatic carbocycles. The fourth-order valence-electron chi connectivity index (χ4n) is 2.39. The van der Waals surface area contributed by atoms with Crippen molar-refractivity contribution in [1.29, 1.82) is 0 Å². The molecule has 0 unspecified atom stereocenters. The number of benzene rings is 2. The van der Waals surface area contributed by atoms with Crippen LogP contribution in [0.1, 0.15) is 23.7 Å². The van der Waals surface area contributed by atoms with E-state index in [2.05, 4.69) is 10.6 Å². The number of ketones is 1. The van der Waals surface area contributed by atoms with E-state index in [-0.39, 0.29) is 19.2 Å². The van der Waals surface area contributed by atoms with Gasteiger partial charge in [0.25, 0.3) is 5.91 Å². The van der Waals surface area contributed by atoms with E-state index < -0.39 is 11.9 Å². The van der Waals surface area contributed by atoms with Crippen molar-refractivity contribution in [2.75, 3.05) is 18.7 Å². The molecule has 1 heterocycles. The van der Waals surface area contributed by atoms with Crippen LogP contribution >= 0.6 is 0 Å². The van der Waals surface area contributed by atoms with Crippen LogP contribution in [0, 0.1) is 0 Å². The van der Waals surface area contributed by atoms with Crippen LogP contribution in [0.5, 0.6) is 17.2 Å². The largest absolute Gasteiger partial charge is 0.484 e. The van der Waals surface area contributed by atoms with Crippen molar-refractivity contribution < 1.29 is 28.6 Å². The van der Waals surface area contributed by atoms with E-state index in [9.17, 15) is 14.4 Å². The van der Waals surface area contributed by atoms with Crippen LogP contribution < -0.4 is 24.8 Å². The number of carbonyl (C=O) groups excluding carboxylic acids is 3. The maximum absolute atomic E-state index is 11.9. The van der Waals surface area contributed by atoms with Gasteiger partial charge in [0.2, 0.25) is 6.79 Å². The number of hydrogen-bond acceptors (Lipinski definition) is 6. The molecule has 1 aliphatic heterocycles. The van der Waals surface area contributed by atoms with Gasteiger partial charge in [0.1, 0.15) is 5.75 Å². The summed E-state index contributed by atoms with van der Waals surface area (Å²) in [7, 11) is 0. The zero-order chi connectivity index (χ0) is 19.2. The Labute approximate surface area is 155 Å². The summed E-state index contributed by atoms with van der Waals surface area (Å²) in [6.45, 7) is 1.58.